The summed E-state index contributed by atoms with van der Waals surface area (Å²) in [6, 6.07) is 0.609. The second kappa shape index (κ2) is 8.93. The minimum Gasteiger partial charge on any atom is -0.330 e. The zero-order valence-electron chi connectivity index (χ0n) is 12.9. The van der Waals surface area contributed by atoms with Crippen molar-refractivity contribution in [2.75, 3.05) is 19.6 Å². The molecule has 2 N–H and O–H groups in total. The molecule has 0 radical (unpaired) electrons. The highest BCUT2D eigenvalue weighted by Gasteiger charge is 2.19. The Morgan fingerprint density at radius 3 is 1.53 bits per heavy atom. The Labute approximate surface area is 109 Å². The van der Waals surface area contributed by atoms with Crippen LogP contribution in [0.1, 0.15) is 54.4 Å². The van der Waals surface area contributed by atoms with Gasteiger partial charge in [-0.15, -0.1) is 0 Å². The Kier molecular flexibility index (Phi) is 8.89. The van der Waals surface area contributed by atoms with Crippen molar-refractivity contribution in [2.24, 2.45) is 23.5 Å². The summed E-state index contributed by atoms with van der Waals surface area (Å²) in [6.07, 6.45) is 2.58. The summed E-state index contributed by atoms with van der Waals surface area (Å²) in [4.78, 5) is 2.64. The average Bonchev–Trinajstić information content (AvgIpc) is 2.26. The molecule has 17 heavy (non-hydrogen) atoms. The second-order valence-corrected chi connectivity index (χ2v) is 6.35. The predicted octanol–water partition coefficient (Wildman–Crippen LogP) is 3.36. The summed E-state index contributed by atoms with van der Waals surface area (Å²) < 4.78 is 0. The molecule has 0 aliphatic heterocycles. The first-order valence-electron chi connectivity index (χ1n) is 7.32. The van der Waals surface area contributed by atoms with Crippen LogP contribution >= 0.6 is 0 Å². The molecule has 0 fully saturated rings. The van der Waals surface area contributed by atoms with E-state index in [0.717, 1.165) is 18.4 Å². The predicted molar refractivity (Wildman–Crippen MR) is 78.2 cm³/mol. The average molecular weight is 242 g/mol. The maximum Gasteiger partial charge on any atom is 0.0105 e. The molecule has 0 saturated heterocycles. The molecule has 2 unspecified atom stereocenters. The number of hydrogen-bond acceptors (Lipinski definition) is 2. The molecule has 0 bridgehead atoms. The van der Waals surface area contributed by atoms with Crippen LogP contribution < -0.4 is 5.73 Å². The van der Waals surface area contributed by atoms with Gasteiger partial charge < -0.3 is 10.6 Å². The first-order chi connectivity index (χ1) is 7.88. The summed E-state index contributed by atoms with van der Waals surface area (Å²) >= 11 is 0. The van der Waals surface area contributed by atoms with Crippen LogP contribution in [-0.2, 0) is 0 Å². The Morgan fingerprint density at radius 2 is 1.24 bits per heavy atom. The summed E-state index contributed by atoms with van der Waals surface area (Å²) in [6.45, 7) is 17.0. The number of nitrogens with zero attached hydrogens (tertiary/aromatic N) is 1. The molecule has 0 amide bonds. The lowest BCUT2D eigenvalue weighted by molar-refractivity contribution is 0.148. The van der Waals surface area contributed by atoms with Crippen molar-refractivity contribution in [3.8, 4) is 0 Å². The van der Waals surface area contributed by atoms with E-state index >= 15 is 0 Å². The normalized spacial score (nSPS) is 15.9. The third-order valence-corrected chi connectivity index (χ3v) is 3.76. The van der Waals surface area contributed by atoms with Crippen LogP contribution in [0.5, 0.6) is 0 Å². The number of nitrogens with two attached hydrogens (primary N) is 1. The van der Waals surface area contributed by atoms with E-state index in [1.165, 1.54) is 25.9 Å². The van der Waals surface area contributed by atoms with Gasteiger partial charge in [-0.3, -0.25) is 0 Å². The molecular weight excluding hydrogens is 208 g/mol. The third-order valence-electron chi connectivity index (χ3n) is 3.76. The molecule has 0 rings (SSSR count). The van der Waals surface area contributed by atoms with Crippen LogP contribution in [0.15, 0.2) is 0 Å². The molecule has 0 saturated carbocycles. The molecule has 0 aliphatic rings. The maximum atomic E-state index is 5.80. The molecular formula is C15H34N2. The van der Waals surface area contributed by atoms with Crippen molar-refractivity contribution in [3.63, 3.8) is 0 Å². The smallest absolute Gasteiger partial charge is 0.0105 e. The van der Waals surface area contributed by atoms with Gasteiger partial charge in [0.2, 0.25) is 0 Å². The van der Waals surface area contributed by atoms with Crippen LogP contribution in [0.25, 0.3) is 0 Å². The quantitative estimate of drug-likeness (QED) is 0.672. The number of hydrogen-bond donors (Lipinski definition) is 1. The highest BCUT2D eigenvalue weighted by atomic mass is 15.1. The van der Waals surface area contributed by atoms with Crippen LogP contribution in [0.2, 0.25) is 0 Å². The molecule has 0 aromatic rings. The van der Waals surface area contributed by atoms with Gasteiger partial charge >= 0.3 is 0 Å². The topological polar surface area (TPSA) is 29.3 Å². The van der Waals surface area contributed by atoms with Gasteiger partial charge in [0.15, 0.2) is 0 Å². The molecule has 0 spiro atoms. The van der Waals surface area contributed by atoms with Gasteiger partial charge in [0.25, 0.3) is 0 Å². The van der Waals surface area contributed by atoms with E-state index in [1.807, 2.05) is 0 Å². The lowest BCUT2D eigenvalue weighted by atomic mass is 10.00. The molecule has 0 aliphatic carbocycles. The molecule has 104 valence electrons. The summed E-state index contributed by atoms with van der Waals surface area (Å²) in [5.41, 5.74) is 5.80. The second-order valence-electron chi connectivity index (χ2n) is 6.35. The third kappa shape index (κ3) is 7.77. The fraction of sp³-hybridized carbons (Fsp3) is 1.00. The first kappa shape index (κ1) is 16.9. The van der Waals surface area contributed by atoms with Crippen molar-refractivity contribution in [1.82, 2.24) is 4.90 Å². The molecule has 0 aromatic carbocycles. The molecule has 0 heterocycles. The highest BCUT2D eigenvalue weighted by Crippen LogP contribution is 2.14. The first-order valence-corrected chi connectivity index (χ1v) is 7.32. The molecule has 2 heteroatoms. The zero-order valence-corrected chi connectivity index (χ0v) is 12.9. The van der Waals surface area contributed by atoms with E-state index in [-0.39, 0.29) is 0 Å². The van der Waals surface area contributed by atoms with Gasteiger partial charge in [0.1, 0.15) is 0 Å². The largest absolute Gasteiger partial charge is 0.330 e. The maximum absolute atomic E-state index is 5.80. The van der Waals surface area contributed by atoms with E-state index in [0.29, 0.717) is 12.0 Å². The monoisotopic (exact) mass is 242 g/mol. The van der Waals surface area contributed by atoms with E-state index in [1.54, 1.807) is 0 Å². The lowest BCUT2D eigenvalue weighted by Gasteiger charge is -2.33. The van der Waals surface area contributed by atoms with Crippen LogP contribution in [-0.4, -0.2) is 30.6 Å². The zero-order chi connectivity index (χ0) is 13.4. The lowest BCUT2D eigenvalue weighted by Crippen LogP contribution is -2.42. The molecule has 0 aromatic heterocycles. The Bertz CT molecular complexity index is 166. The van der Waals surface area contributed by atoms with Crippen LogP contribution in [0.3, 0.4) is 0 Å². The summed E-state index contributed by atoms with van der Waals surface area (Å²) in [7, 11) is 0. The van der Waals surface area contributed by atoms with Gasteiger partial charge in [0, 0.05) is 6.04 Å². The van der Waals surface area contributed by atoms with Crippen molar-refractivity contribution < 1.29 is 0 Å². The SMILES string of the molecule is CC(C)CCN(CCC(C)C)C(C)C(C)CN. The van der Waals surface area contributed by atoms with Crippen LogP contribution in [0.4, 0.5) is 0 Å². The van der Waals surface area contributed by atoms with E-state index < -0.39 is 0 Å². The van der Waals surface area contributed by atoms with E-state index in [9.17, 15) is 0 Å². The summed E-state index contributed by atoms with van der Waals surface area (Å²) in [5, 5.41) is 0. The van der Waals surface area contributed by atoms with Crippen molar-refractivity contribution in [2.45, 2.75) is 60.4 Å². The standard InChI is InChI=1S/C15H34N2/c1-12(2)7-9-17(10-8-13(3)4)15(6)14(5)11-16/h12-15H,7-11,16H2,1-6H3. The van der Waals surface area contributed by atoms with Crippen molar-refractivity contribution in [1.29, 1.82) is 0 Å². The number of rotatable bonds is 9. The van der Waals surface area contributed by atoms with Crippen molar-refractivity contribution in [3.05, 3.63) is 0 Å². The molecule has 2 nitrogen and oxygen atoms in total. The van der Waals surface area contributed by atoms with Gasteiger partial charge in [-0.25, -0.2) is 0 Å². The van der Waals surface area contributed by atoms with E-state index in [4.69, 9.17) is 5.73 Å². The summed E-state index contributed by atoms with van der Waals surface area (Å²) in [5.74, 6) is 2.17. The van der Waals surface area contributed by atoms with E-state index in [2.05, 4.69) is 46.4 Å². The van der Waals surface area contributed by atoms with Gasteiger partial charge in [-0.2, -0.15) is 0 Å². The van der Waals surface area contributed by atoms with Gasteiger partial charge in [0.05, 0.1) is 0 Å². The van der Waals surface area contributed by atoms with Crippen molar-refractivity contribution >= 4 is 0 Å². The van der Waals surface area contributed by atoms with Crippen LogP contribution in [0, 0.1) is 17.8 Å². The fourth-order valence-corrected chi connectivity index (χ4v) is 1.92. The fourth-order valence-electron chi connectivity index (χ4n) is 1.92. The minimum absolute atomic E-state index is 0.592. The highest BCUT2D eigenvalue weighted by molar-refractivity contribution is 4.74. The Balaban J connectivity index is 4.27. The Hall–Kier alpha value is -0.0800. The van der Waals surface area contributed by atoms with Gasteiger partial charge in [-0.1, -0.05) is 34.6 Å². The molecule has 2 atom stereocenters. The Morgan fingerprint density at radius 1 is 0.824 bits per heavy atom. The minimum atomic E-state index is 0.592. The van der Waals surface area contributed by atoms with Gasteiger partial charge in [-0.05, 0) is 57.2 Å².